The number of sulfonamides is 1. The Morgan fingerprint density at radius 3 is 2.36 bits per heavy atom. The Morgan fingerprint density at radius 1 is 1.17 bits per heavy atom. The Hall–Kier alpha value is -4.34. The van der Waals surface area contributed by atoms with E-state index in [1.54, 1.807) is 29.2 Å². The number of aryl methyl sites for hydroxylation is 1. The number of nitrogens with zero attached hydrogens (tertiary/aromatic N) is 3. The molecule has 1 amide bonds. The van der Waals surface area contributed by atoms with E-state index in [1.807, 2.05) is 6.07 Å². The minimum absolute atomic E-state index is 0.182. The van der Waals surface area contributed by atoms with Crippen molar-refractivity contribution in [2.24, 2.45) is 0 Å². The van der Waals surface area contributed by atoms with Crippen molar-refractivity contribution in [1.82, 2.24) is 19.3 Å². The van der Waals surface area contributed by atoms with Gasteiger partial charge >= 0.3 is 16.9 Å². The third-order valence-corrected chi connectivity index (χ3v) is 7.04. The topological polar surface area (TPSA) is 194 Å². The van der Waals surface area contributed by atoms with Crippen molar-refractivity contribution in [1.29, 1.82) is 0 Å². The van der Waals surface area contributed by atoms with Crippen LogP contribution in [0.15, 0.2) is 75.3 Å². The number of carbonyl (C=O) groups excluding carboxylic acids is 1. The number of hydrogen-bond acceptors (Lipinski definition) is 9. The maximum atomic E-state index is 13.1. The largest absolute Gasteiger partial charge is 0.457 e. The fourth-order valence-electron chi connectivity index (χ4n) is 3.25. The standard InChI is InChI=1S/C21H21N5O9S/c1-24(36(33,34)16-9-7-15(8-10-16)35-14-5-3-2-4-6-14)17(20(28)23-30)11-12-25-13-18(26(31)32)19(27)22-21(25)29/h2-10,13,17,30H,11-12H2,1H3,(H,23,28)(H,22,27,29). The van der Waals surface area contributed by atoms with Crippen LogP contribution < -0.4 is 21.5 Å². The van der Waals surface area contributed by atoms with Gasteiger partial charge in [0.2, 0.25) is 10.0 Å². The fourth-order valence-corrected chi connectivity index (χ4v) is 4.59. The first-order valence-corrected chi connectivity index (χ1v) is 11.7. The third kappa shape index (κ3) is 5.83. The predicted molar refractivity (Wildman–Crippen MR) is 124 cm³/mol. The SMILES string of the molecule is CN(C(CCn1cc([N+](=O)[O-])c(=O)[nH]c1=O)C(=O)NO)S(=O)(=O)c1ccc(Oc2ccccc2)cc1. The number of aromatic amines is 1. The van der Waals surface area contributed by atoms with Crippen LogP contribution in [0.3, 0.4) is 0 Å². The van der Waals surface area contributed by atoms with Gasteiger partial charge in [0.1, 0.15) is 17.5 Å². The van der Waals surface area contributed by atoms with Crippen LogP contribution in [0.2, 0.25) is 0 Å². The molecule has 36 heavy (non-hydrogen) atoms. The number of benzene rings is 2. The van der Waals surface area contributed by atoms with E-state index >= 15 is 0 Å². The van der Waals surface area contributed by atoms with Crippen molar-refractivity contribution >= 4 is 21.6 Å². The number of H-pyrrole nitrogens is 1. The highest BCUT2D eigenvalue weighted by molar-refractivity contribution is 7.89. The van der Waals surface area contributed by atoms with Crippen LogP contribution in [0, 0.1) is 10.1 Å². The van der Waals surface area contributed by atoms with Gasteiger partial charge in [-0.05, 0) is 42.8 Å². The number of aromatic nitrogens is 2. The van der Waals surface area contributed by atoms with Crippen LogP contribution in [0.1, 0.15) is 6.42 Å². The molecule has 0 aliphatic heterocycles. The zero-order chi connectivity index (χ0) is 26.5. The lowest BCUT2D eigenvalue weighted by molar-refractivity contribution is -0.386. The summed E-state index contributed by atoms with van der Waals surface area (Å²) in [7, 11) is -3.17. The molecule has 0 aliphatic rings. The lowest BCUT2D eigenvalue weighted by Gasteiger charge is -2.26. The van der Waals surface area contributed by atoms with Crippen LogP contribution in [0.5, 0.6) is 11.5 Å². The average molecular weight is 519 g/mol. The van der Waals surface area contributed by atoms with Gasteiger partial charge in [0, 0.05) is 13.6 Å². The quantitative estimate of drug-likeness (QED) is 0.197. The predicted octanol–water partition coefficient (Wildman–Crippen LogP) is 0.822. The fraction of sp³-hybridized carbons (Fsp3) is 0.190. The highest BCUT2D eigenvalue weighted by atomic mass is 32.2. The molecule has 0 bridgehead atoms. The molecule has 14 nitrogen and oxygen atoms in total. The summed E-state index contributed by atoms with van der Waals surface area (Å²) < 4.78 is 33.4. The van der Waals surface area contributed by atoms with Gasteiger partial charge in [0.05, 0.1) is 16.0 Å². The van der Waals surface area contributed by atoms with Gasteiger partial charge in [-0.15, -0.1) is 0 Å². The second kappa shape index (κ2) is 10.9. The van der Waals surface area contributed by atoms with Crippen LogP contribution in [0.25, 0.3) is 0 Å². The molecule has 3 N–H and O–H groups in total. The Bertz CT molecular complexity index is 1470. The molecule has 0 saturated heterocycles. The number of hydrogen-bond donors (Lipinski definition) is 3. The molecule has 3 rings (SSSR count). The van der Waals surface area contributed by atoms with Crippen molar-refractivity contribution in [2.45, 2.75) is 23.9 Å². The van der Waals surface area contributed by atoms with Crippen molar-refractivity contribution in [3.05, 3.63) is 91.7 Å². The first-order chi connectivity index (χ1) is 17.0. The lowest BCUT2D eigenvalue weighted by Crippen LogP contribution is -2.47. The number of para-hydroxylation sites is 1. The Morgan fingerprint density at radius 2 is 1.78 bits per heavy atom. The second-order valence-corrected chi connectivity index (χ2v) is 9.41. The van der Waals surface area contributed by atoms with E-state index in [2.05, 4.69) is 0 Å². The zero-order valence-electron chi connectivity index (χ0n) is 18.7. The van der Waals surface area contributed by atoms with E-state index < -0.39 is 50.4 Å². The van der Waals surface area contributed by atoms with Crippen LogP contribution in [0.4, 0.5) is 5.69 Å². The van der Waals surface area contributed by atoms with Gasteiger partial charge in [-0.1, -0.05) is 18.2 Å². The van der Waals surface area contributed by atoms with Gasteiger partial charge < -0.3 is 4.74 Å². The van der Waals surface area contributed by atoms with Gasteiger partial charge in [-0.2, -0.15) is 4.31 Å². The summed E-state index contributed by atoms with van der Waals surface area (Å²) in [5.41, 5.74) is -1.72. The second-order valence-electron chi connectivity index (χ2n) is 7.41. The van der Waals surface area contributed by atoms with E-state index in [4.69, 9.17) is 9.94 Å². The molecule has 0 radical (unpaired) electrons. The van der Waals surface area contributed by atoms with Gasteiger partial charge in [0.15, 0.2) is 0 Å². The molecular weight excluding hydrogens is 498 g/mol. The zero-order valence-corrected chi connectivity index (χ0v) is 19.5. The molecule has 2 aromatic carbocycles. The number of nitrogens with one attached hydrogen (secondary N) is 2. The maximum Gasteiger partial charge on any atom is 0.350 e. The number of rotatable bonds is 10. The van der Waals surface area contributed by atoms with E-state index in [-0.39, 0.29) is 11.3 Å². The van der Waals surface area contributed by atoms with Crippen molar-refractivity contribution in [3.8, 4) is 11.5 Å². The van der Waals surface area contributed by atoms with Crippen LogP contribution in [-0.2, 0) is 21.4 Å². The van der Waals surface area contributed by atoms with Gasteiger partial charge in [-0.25, -0.2) is 18.7 Å². The van der Waals surface area contributed by atoms with Crippen molar-refractivity contribution in [2.75, 3.05) is 7.05 Å². The van der Waals surface area contributed by atoms with Gasteiger partial charge in [0.25, 0.3) is 5.91 Å². The molecule has 0 fully saturated rings. The number of likely N-dealkylation sites (N-methyl/N-ethyl adjacent to an activating group) is 1. The first-order valence-electron chi connectivity index (χ1n) is 10.3. The summed E-state index contributed by atoms with van der Waals surface area (Å²) in [5, 5.41) is 20.1. The number of nitro groups is 1. The van der Waals surface area contributed by atoms with Crippen LogP contribution >= 0.6 is 0 Å². The number of ether oxygens (including phenoxy) is 1. The molecule has 1 atom stereocenters. The first kappa shape index (κ1) is 26.3. The van der Waals surface area contributed by atoms with E-state index in [0.717, 1.165) is 11.6 Å². The molecule has 1 unspecified atom stereocenters. The summed E-state index contributed by atoms with van der Waals surface area (Å²) in [6, 6.07) is 12.7. The number of carbonyl (C=O) groups is 1. The summed E-state index contributed by atoms with van der Waals surface area (Å²) >= 11 is 0. The third-order valence-electron chi connectivity index (χ3n) is 5.16. The number of hydroxylamine groups is 1. The smallest absolute Gasteiger partial charge is 0.350 e. The molecule has 3 aromatic rings. The molecule has 0 saturated carbocycles. The maximum absolute atomic E-state index is 13.1. The lowest BCUT2D eigenvalue weighted by atomic mass is 10.2. The summed E-state index contributed by atoms with van der Waals surface area (Å²) in [4.78, 5) is 47.4. The van der Waals surface area contributed by atoms with Crippen molar-refractivity contribution in [3.63, 3.8) is 0 Å². The molecule has 1 heterocycles. The molecule has 190 valence electrons. The minimum atomic E-state index is -4.27. The normalized spacial score (nSPS) is 12.2. The highest BCUT2D eigenvalue weighted by Gasteiger charge is 2.33. The highest BCUT2D eigenvalue weighted by Crippen LogP contribution is 2.25. The van der Waals surface area contributed by atoms with Gasteiger partial charge in [-0.3, -0.25) is 34.5 Å². The molecule has 15 heteroatoms. The molecule has 0 spiro atoms. The average Bonchev–Trinajstić information content (AvgIpc) is 2.85. The Labute approximate surface area is 203 Å². The summed E-state index contributed by atoms with van der Waals surface area (Å²) in [6.07, 6.45) is 0.315. The van der Waals surface area contributed by atoms with E-state index in [1.165, 1.54) is 29.7 Å². The van der Waals surface area contributed by atoms with Crippen LogP contribution in [-0.4, -0.2) is 51.4 Å². The molecule has 0 aliphatic carbocycles. The van der Waals surface area contributed by atoms with Crippen molar-refractivity contribution < 1.29 is 28.1 Å². The molecular formula is C21H21N5O9S. The summed E-state index contributed by atoms with van der Waals surface area (Å²) in [5.74, 6) is -0.189. The molecule has 1 aromatic heterocycles. The number of amides is 1. The minimum Gasteiger partial charge on any atom is -0.457 e. The van der Waals surface area contributed by atoms with E-state index in [9.17, 15) is 32.9 Å². The Balaban J connectivity index is 1.82. The monoisotopic (exact) mass is 519 g/mol. The van der Waals surface area contributed by atoms with E-state index in [0.29, 0.717) is 22.0 Å². The Kier molecular flexibility index (Phi) is 7.98. The summed E-state index contributed by atoms with van der Waals surface area (Å²) in [6.45, 7) is -0.391.